The number of carbonyl (C=O) groups excluding carboxylic acids is 1. The molecule has 1 aliphatic carbocycles. The number of Topliss-reactive ketones (excluding diaryl/α,β-unsaturated/α-hetero) is 1. The van der Waals surface area contributed by atoms with Crippen molar-refractivity contribution in [1.82, 2.24) is 9.97 Å². The number of hydrogen-bond acceptors (Lipinski definition) is 5. The Labute approximate surface area is 208 Å². The van der Waals surface area contributed by atoms with Crippen LogP contribution < -0.4 is 0 Å². The van der Waals surface area contributed by atoms with Crippen molar-refractivity contribution in [3.63, 3.8) is 0 Å². The lowest BCUT2D eigenvalue weighted by molar-refractivity contribution is 0.0951. The Morgan fingerprint density at radius 2 is 1.69 bits per heavy atom. The maximum atomic E-state index is 14.7. The Bertz CT molecular complexity index is 1230. The lowest BCUT2D eigenvalue weighted by atomic mass is 9.73. The summed E-state index contributed by atoms with van der Waals surface area (Å²) in [7, 11) is 0. The van der Waals surface area contributed by atoms with E-state index in [1.54, 1.807) is 12.4 Å². The van der Waals surface area contributed by atoms with Crippen LogP contribution in [0, 0.1) is 29.3 Å². The third-order valence-electron chi connectivity index (χ3n) is 6.90. The van der Waals surface area contributed by atoms with Crippen LogP contribution in [-0.2, 0) is 6.42 Å². The van der Waals surface area contributed by atoms with Crippen molar-refractivity contribution >= 4 is 5.78 Å². The molecule has 0 saturated heterocycles. The number of benzene rings is 1. The van der Waals surface area contributed by atoms with Gasteiger partial charge in [0.15, 0.2) is 5.78 Å². The lowest BCUT2D eigenvalue weighted by Gasteiger charge is -2.32. The molecule has 0 radical (unpaired) electrons. The molecule has 5 nitrogen and oxygen atoms in total. The number of halogens is 3. The van der Waals surface area contributed by atoms with E-state index in [-0.39, 0.29) is 17.7 Å². The van der Waals surface area contributed by atoms with E-state index in [1.165, 1.54) is 12.5 Å². The Morgan fingerprint density at radius 1 is 1.03 bits per heavy atom. The summed E-state index contributed by atoms with van der Waals surface area (Å²) in [4.78, 5) is 21.3. The Morgan fingerprint density at radius 3 is 2.33 bits per heavy atom. The van der Waals surface area contributed by atoms with E-state index in [1.807, 2.05) is 6.07 Å². The molecule has 0 bridgehead atoms. The molecule has 4 rings (SSSR count). The first-order valence-electron chi connectivity index (χ1n) is 12.1. The van der Waals surface area contributed by atoms with Gasteiger partial charge < -0.3 is 10.2 Å². The average molecular weight is 499 g/mol. The van der Waals surface area contributed by atoms with Crippen molar-refractivity contribution in [2.24, 2.45) is 11.8 Å². The maximum absolute atomic E-state index is 14.7. The van der Waals surface area contributed by atoms with Crippen LogP contribution in [0.15, 0.2) is 42.7 Å². The number of aliphatic hydroxyl groups is 2. The minimum Gasteiger partial charge on any atom is -0.393 e. The highest BCUT2D eigenvalue weighted by molar-refractivity contribution is 5.96. The quantitative estimate of drug-likeness (QED) is 0.417. The van der Waals surface area contributed by atoms with Crippen LogP contribution in [0.3, 0.4) is 0 Å². The molecule has 1 fully saturated rings. The molecule has 1 saturated carbocycles. The monoisotopic (exact) mass is 498 g/mol. The van der Waals surface area contributed by atoms with E-state index in [9.17, 15) is 23.1 Å². The van der Waals surface area contributed by atoms with Gasteiger partial charge in [0.25, 0.3) is 0 Å². The van der Waals surface area contributed by atoms with Gasteiger partial charge in [0, 0.05) is 18.8 Å². The number of carbonyl (C=O) groups is 1. The van der Waals surface area contributed by atoms with Crippen molar-refractivity contribution in [2.45, 2.75) is 51.6 Å². The number of aromatic nitrogens is 2. The third kappa shape index (κ3) is 5.50. The second-order valence-corrected chi connectivity index (χ2v) is 9.87. The van der Waals surface area contributed by atoms with Gasteiger partial charge in [-0.05, 0) is 84.0 Å². The van der Waals surface area contributed by atoms with E-state index < -0.39 is 47.2 Å². The average Bonchev–Trinajstić information content (AvgIpc) is 2.83. The van der Waals surface area contributed by atoms with Crippen molar-refractivity contribution in [1.29, 1.82) is 0 Å². The number of nitrogens with zero attached hydrogens (tertiary/aromatic N) is 2. The minimum atomic E-state index is -1.49. The van der Waals surface area contributed by atoms with Gasteiger partial charge in [0.2, 0.25) is 0 Å². The van der Waals surface area contributed by atoms with E-state index in [4.69, 9.17) is 5.11 Å². The molecule has 3 aromatic rings. The maximum Gasteiger partial charge on any atom is 0.185 e. The number of pyridine rings is 2. The lowest BCUT2D eigenvalue weighted by Crippen LogP contribution is -2.20. The molecular weight excluding hydrogens is 469 g/mol. The van der Waals surface area contributed by atoms with Crippen LogP contribution in [-0.4, -0.2) is 32.6 Å². The molecule has 8 heteroatoms. The molecule has 36 heavy (non-hydrogen) atoms. The van der Waals surface area contributed by atoms with Crippen LogP contribution in [0.5, 0.6) is 0 Å². The highest BCUT2D eigenvalue weighted by atomic mass is 19.1. The van der Waals surface area contributed by atoms with Crippen LogP contribution >= 0.6 is 0 Å². The second kappa shape index (κ2) is 10.9. The fraction of sp³-hybridized carbons (Fsp3) is 0.393. The smallest absolute Gasteiger partial charge is 0.185 e. The summed E-state index contributed by atoms with van der Waals surface area (Å²) in [6, 6.07) is 5.71. The largest absolute Gasteiger partial charge is 0.393 e. The first kappa shape index (κ1) is 26.0. The molecule has 1 aliphatic rings. The standard InChI is InChI=1S/C28H29F3N2O3/c1-15-7-16(2)9-17(8-15)20-5-6-32-13-19(20)12-25(35)24-4-3-21(29)28(33-24)27-22(30)10-18(11-23(27)31)26(36)14-34/h3-6,10-11,13,15-17,26,34,36H,7-9,12,14H2,1-2H3/t15-,16+,17?,26-/m1/s1. The topological polar surface area (TPSA) is 83.3 Å². The van der Waals surface area contributed by atoms with Crippen LogP contribution in [0.4, 0.5) is 13.2 Å². The number of hydrogen-bond donors (Lipinski definition) is 2. The normalized spacial score (nSPS) is 20.8. The molecule has 2 aromatic heterocycles. The molecule has 4 atom stereocenters. The summed E-state index contributed by atoms with van der Waals surface area (Å²) < 4.78 is 44.1. The molecule has 0 aliphatic heterocycles. The summed E-state index contributed by atoms with van der Waals surface area (Å²) in [6.07, 6.45) is 5.08. The number of aliphatic hydroxyl groups excluding tert-OH is 2. The van der Waals surface area contributed by atoms with Crippen molar-refractivity contribution in [2.75, 3.05) is 6.61 Å². The van der Waals surface area contributed by atoms with E-state index in [2.05, 4.69) is 23.8 Å². The van der Waals surface area contributed by atoms with Crippen LogP contribution in [0.2, 0.25) is 0 Å². The van der Waals surface area contributed by atoms with Gasteiger partial charge in [-0.2, -0.15) is 0 Å². The van der Waals surface area contributed by atoms with Crippen molar-refractivity contribution in [3.05, 3.63) is 82.6 Å². The minimum absolute atomic E-state index is 0.0207. The van der Waals surface area contributed by atoms with Crippen molar-refractivity contribution in [3.8, 4) is 11.3 Å². The van der Waals surface area contributed by atoms with E-state index in [0.717, 1.165) is 42.2 Å². The van der Waals surface area contributed by atoms with Gasteiger partial charge in [0.1, 0.15) is 34.9 Å². The molecule has 0 amide bonds. The van der Waals surface area contributed by atoms with Gasteiger partial charge in [-0.15, -0.1) is 0 Å². The summed E-state index contributed by atoms with van der Waals surface area (Å²) in [6.45, 7) is 3.73. The zero-order valence-electron chi connectivity index (χ0n) is 20.2. The number of rotatable bonds is 7. The molecule has 1 unspecified atom stereocenters. The van der Waals surface area contributed by atoms with E-state index in [0.29, 0.717) is 17.8 Å². The van der Waals surface area contributed by atoms with Gasteiger partial charge >= 0.3 is 0 Å². The SMILES string of the molecule is C[C@@H]1CC(c2ccncc2CC(=O)c2ccc(F)c(-c3c(F)cc([C@H](O)CO)cc3F)n2)C[C@H](C)C1. The summed E-state index contributed by atoms with van der Waals surface area (Å²) in [5, 5.41) is 18.7. The second-order valence-electron chi connectivity index (χ2n) is 9.87. The Balaban J connectivity index is 1.64. The zero-order valence-corrected chi connectivity index (χ0v) is 20.2. The van der Waals surface area contributed by atoms with Gasteiger partial charge in [0.05, 0.1) is 12.2 Å². The van der Waals surface area contributed by atoms with Crippen LogP contribution in [0.1, 0.15) is 72.3 Å². The van der Waals surface area contributed by atoms with Gasteiger partial charge in [-0.25, -0.2) is 18.2 Å². The van der Waals surface area contributed by atoms with Crippen LogP contribution in [0.25, 0.3) is 11.3 Å². The molecule has 0 spiro atoms. The highest BCUT2D eigenvalue weighted by Crippen LogP contribution is 2.40. The number of ketones is 1. The first-order valence-corrected chi connectivity index (χ1v) is 12.1. The first-order chi connectivity index (χ1) is 17.2. The van der Waals surface area contributed by atoms with Gasteiger partial charge in [-0.3, -0.25) is 9.78 Å². The Hall–Kier alpha value is -3.10. The third-order valence-corrected chi connectivity index (χ3v) is 6.90. The summed E-state index contributed by atoms with van der Waals surface area (Å²) >= 11 is 0. The summed E-state index contributed by atoms with van der Waals surface area (Å²) in [5.74, 6) is -2.28. The van der Waals surface area contributed by atoms with Crippen molar-refractivity contribution < 1.29 is 28.2 Å². The molecule has 2 heterocycles. The summed E-state index contributed by atoms with van der Waals surface area (Å²) in [5.41, 5.74) is 0.130. The van der Waals surface area contributed by atoms with E-state index >= 15 is 0 Å². The highest BCUT2D eigenvalue weighted by Gasteiger charge is 2.28. The molecular formula is C28H29F3N2O3. The van der Waals surface area contributed by atoms with Gasteiger partial charge in [-0.1, -0.05) is 13.8 Å². The molecule has 2 N–H and O–H groups in total. The fourth-order valence-corrected chi connectivity index (χ4v) is 5.34. The predicted octanol–water partition coefficient (Wildman–Crippen LogP) is 5.55. The molecule has 190 valence electrons. The molecule has 1 aromatic carbocycles. The zero-order chi connectivity index (χ0) is 26.0. The Kier molecular flexibility index (Phi) is 7.85. The predicted molar refractivity (Wildman–Crippen MR) is 129 cm³/mol. The fourth-order valence-electron chi connectivity index (χ4n) is 5.34.